The van der Waals surface area contributed by atoms with Crippen LogP contribution < -0.4 is 0 Å². The standard InChI is InChI=1S/C18H21NO2/c1-3-4-5-6-14-7-9-15(10-8-14)17-12-11-16(18(20)21)13(2)19-17/h7-12H,3-6H2,1-2H3,(H,20,21). The lowest BCUT2D eigenvalue weighted by Gasteiger charge is -2.06. The first-order valence-corrected chi connectivity index (χ1v) is 7.42. The third-order valence-electron chi connectivity index (χ3n) is 3.63. The quantitative estimate of drug-likeness (QED) is 0.795. The van der Waals surface area contributed by atoms with Crippen LogP contribution in [0.2, 0.25) is 0 Å². The van der Waals surface area contributed by atoms with E-state index in [4.69, 9.17) is 5.11 Å². The first-order valence-electron chi connectivity index (χ1n) is 7.42. The van der Waals surface area contributed by atoms with Gasteiger partial charge in [0.2, 0.25) is 0 Å². The van der Waals surface area contributed by atoms with E-state index in [1.165, 1.54) is 24.8 Å². The van der Waals surface area contributed by atoms with E-state index in [1.807, 2.05) is 0 Å². The zero-order valence-electron chi connectivity index (χ0n) is 12.6. The number of carboxylic acids is 1. The second-order valence-electron chi connectivity index (χ2n) is 5.29. The highest BCUT2D eigenvalue weighted by atomic mass is 16.4. The minimum absolute atomic E-state index is 0.259. The van der Waals surface area contributed by atoms with Crippen molar-refractivity contribution in [1.29, 1.82) is 0 Å². The lowest BCUT2D eigenvalue weighted by molar-refractivity contribution is 0.0695. The monoisotopic (exact) mass is 283 g/mol. The van der Waals surface area contributed by atoms with Crippen LogP contribution in [0.5, 0.6) is 0 Å². The lowest BCUT2D eigenvalue weighted by atomic mass is 10.0. The summed E-state index contributed by atoms with van der Waals surface area (Å²) >= 11 is 0. The number of unbranched alkanes of at least 4 members (excludes halogenated alkanes) is 2. The summed E-state index contributed by atoms with van der Waals surface area (Å²) in [6.07, 6.45) is 4.83. The number of carbonyl (C=O) groups is 1. The summed E-state index contributed by atoms with van der Waals surface area (Å²) in [5.74, 6) is -0.933. The number of aryl methyl sites for hydroxylation is 2. The fourth-order valence-corrected chi connectivity index (χ4v) is 2.37. The molecule has 0 aliphatic rings. The Hall–Kier alpha value is -2.16. The van der Waals surface area contributed by atoms with E-state index < -0.39 is 5.97 Å². The molecule has 0 bridgehead atoms. The Balaban J connectivity index is 2.15. The van der Waals surface area contributed by atoms with Gasteiger partial charge in [0.25, 0.3) is 0 Å². The molecule has 110 valence electrons. The van der Waals surface area contributed by atoms with Gasteiger partial charge < -0.3 is 5.11 Å². The van der Waals surface area contributed by atoms with Gasteiger partial charge in [-0.25, -0.2) is 4.79 Å². The molecule has 21 heavy (non-hydrogen) atoms. The van der Waals surface area contributed by atoms with Crippen LogP contribution in [-0.4, -0.2) is 16.1 Å². The highest BCUT2D eigenvalue weighted by Gasteiger charge is 2.09. The molecule has 0 saturated carbocycles. The van der Waals surface area contributed by atoms with Crippen LogP contribution >= 0.6 is 0 Å². The number of benzene rings is 1. The van der Waals surface area contributed by atoms with Crippen molar-refractivity contribution in [1.82, 2.24) is 4.98 Å². The molecule has 0 unspecified atom stereocenters. The molecule has 0 saturated heterocycles. The minimum atomic E-state index is -0.933. The maximum absolute atomic E-state index is 11.0. The van der Waals surface area contributed by atoms with E-state index in [1.54, 1.807) is 19.1 Å². The summed E-state index contributed by atoms with van der Waals surface area (Å²) in [5, 5.41) is 9.03. The van der Waals surface area contributed by atoms with Crippen molar-refractivity contribution in [3.63, 3.8) is 0 Å². The SMILES string of the molecule is CCCCCc1ccc(-c2ccc(C(=O)O)c(C)n2)cc1. The minimum Gasteiger partial charge on any atom is -0.478 e. The van der Waals surface area contributed by atoms with E-state index in [0.717, 1.165) is 17.7 Å². The van der Waals surface area contributed by atoms with E-state index in [0.29, 0.717) is 5.69 Å². The van der Waals surface area contributed by atoms with Crippen molar-refractivity contribution in [3.8, 4) is 11.3 Å². The van der Waals surface area contributed by atoms with E-state index in [-0.39, 0.29) is 5.56 Å². The van der Waals surface area contributed by atoms with Crippen LogP contribution in [0.15, 0.2) is 36.4 Å². The summed E-state index contributed by atoms with van der Waals surface area (Å²) in [7, 11) is 0. The van der Waals surface area contributed by atoms with E-state index in [2.05, 4.69) is 36.2 Å². The molecular weight excluding hydrogens is 262 g/mol. The normalized spacial score (nSPS) is 10.6. The number of aromatic nitrogens is 1. The van der Waals surface area contributed by atoms with Gasteiger partial charge in [0.05, 0.1) is 17.0 Å². The van der Waals surface area contributed by atoms with Gasteiger partial charge in [-0.15, -0.1) is 0 Å². The summed E-state index contributed by atoms with van der Waals surface area (Å²) in [4.78, 5) is 15.4. The number of pyridine rings is 1. The van der Waals surface area contributed by atoms with Gasteiger partial charge in [0.15, 0.2) is 0 Å². The molecule has 0 aliphatic heterocycles. The molecule has 0 aliphatic carbocycles. The molecule has 3 nitrogen and oxygen atoms in total. The number of hydrogen-bond donors (Lipinski definition) is 1. The number of hydrogen-bond acceptors (Lipinski definition) is 2. The Morgan fingerprint density at radius 2 is 1.81 bits per heavy atom. The van der Waals surface area contributed by atoms with Gasteiger partial charge in [0.1, 0.15) is 0 Å². The molecule has 2 rings (SSSR count). The summed E-state index contributed by atoms with van der Waals surface area (Å²) in [6.45, 7) is 3.93. The van der Waals surface area contributed by atoms with Crippen molar-refractivity contribution < 1.29 is 9.90 Å². The highest BCUT2D eigenvalue weighted by Crippen LogP contribution is 2.20. The van der Waals surface area contributed by atoms with Crippen molar-refractivity contribution >= 4 is 5.97 Å². The molecule has 1 aromatic heterocycles. The van der Waals surface area contributed by atoms with Gasteiger partial charge in [-0.2, -0.15) is 0 Å². The number of aromatic carboxylic acids is 1. The number of carboxylic acid groups (broad SMARTS) is 1. The molecule has 1 heterocycles. The molecule has 0 radical (unpaired) electrons. The Morgan fingerprint density at radius 3 is 2.38 bits per heavy atom. The first-order chi connectivity index (χ1) is 10.1. The molecule has 1 aromatic carbocycles. The van der Waals surface area contributed by atoms with Crippen LogP contribution in [0.3, 0.4) is 0 Å². The maximum atomic E-state index is 11.0. The van der Waals surface area contributed by atoms with Crippen LogP contribution in [0.1, 0.15) is 47.8 Å². The Morgan fingerprint density at radius 1 is 1.10 bits per heavy atom. The van der Waals surface area contributed by atoms with Crippen LogP contribution in [0.4, 0.5) is 0 Å². The predicted molar refractivity (Wildman–Crippen MR) is 84.6 cm³/mol. The molecule has 3 heteroatoms. The molecule has 0 fully saturated rings. The fraction of sp³-hybridized carbons (Fsp3) is 0.333. The lowest BCUT2D eigenvalue weighted by Crippen LogP contribution is -2.02. The summed E-state index contributed by atoms with van der Waals surface area (Å²) < 4.78 is 0. The maximum Gasteiger partial charge on any atom is 0.337 e. The Bertz CT molecular complexity index is 618. The molecule has 2 aromatic rings. The Labute approximate surface area is 125 Å². The van der Waals surface area contributed by atoms with Gasteiger partial charge >= 0.3 is 5.97 Å². The van der Waals surface area contributed by atoms with Crippen molar-refractivity contribution in [3.05, 3.63) is 53.2 Å². The fourth-order valence-electron chi connectivity index (χ4n) is 2.37. The van der Waals surface area contributed by atoms with E-state index in [9.17, 15) is 4.79 Å². The van der Waals surface area contributed by atoms with Gasteiger partial charge in [-0.05, 0) is 37.5 Å². The summed E-state index contributed by atoms with van der Waals surface area (Å²) in [6, 6.07) is 11.8. The van der Waals surface area contributed by atoms with E-state index >= 15 is 0 Å². The van der Waals surface area contributed by atoms with Gasteiger partial charge in [0, 0.05) is 5.56 Å². The average Bonchev–Trinajstić information content (AvgIpc) is 2.48. The first kappa shape index (κ1) is 15.2. The number of nitrogens with zero attached hydrogens (tertiary/aromatic N) is 1. The molecule has 1 N–H and O–H groups in total. The van der Waals surface area contributed by atoms with Crippen LogP contribution in [0, 0.1) is 6.92 Å². The van der Waals surface area contributed by atoms with Crippen LogP contribution in [-0.2, 0) is 6.42 Å². The smallest absolute Gasteiger partial charge is 0.337 e. The second-order valence-corrected chi connectivity index (χ2v) is 5.29. The largest absolute Gasteiger partial charge is 0.478 e. The second kappa shape index (κ2) is 7.02. The zero-order chi connectivity index (χ0) is 15.2. The van der Waals surface area contributed by atoms with Gasteiger partial charge in [-0.3, -0.25) is 4.98 Å². The predicted octanol–water partition coefficient (Wildman–Crippen LogP) is 4.49. The number of rotatable bonds is 6. The molecule has 0 amide bonds. The molecular formula is C18H21NO2. The third-order valence-corrected chi connectivity index (χ3v) is 3.63. The van der Waals surface area contributed by atoms with Crippen molar-refractivity contribution in [2.75, 3.05) is 0 Å². The molecule has 0 atom stereocenters. The highest BCUT2D eigenvalue weighted by molar-refractivity contribution is 5.89. The van der Waals surface area contributed by atoms with Gasteiger partial charge in [-0.1, -0.05) is 44.0 Å². The third kappa shape index (κ3) is 3.91. The average molecular weight is 283 g/mol. The zero-order valence-corrected chi connectivity index (χ0v) is 12.6. The summed E-state index contributed by atoms with van der Waals surface area (Å²) in [5.41, 5.74) is 3.99. The topological polar surface area (TPSA) is 50.2 Å². The molecule has 0 spiro atoms. The van der Waals surface area contributed by atoms with Crippen molar-refractivity contribution in [2.24, 2.45) is 0 Å². The van der Waals surface area contributed by atoms with Crippen LogP contribution in [0.25, 0.3) is 11.3 Å². The van der Waals surface area contributed by atoms with Crippen molar-refractivity contribution in [2.45, 2.75) is 39.5 Å². The Kier molecular flexibility index (Phi) is 5.09.